The molecule has 0 nitrogen and oxygen atoms in total. The highest BCUT2D eigenvalue weighted by molar-refractivity contribution is 5.04. The highest BCUT2D eigenvalue weighted by Crippen LogP contribution is 2.15. The molecule has 13 heavy (non-hydrogen) atoms. The fourth-order valence-electron chi connectivity index (χ4n) is 1.34. The fourth-order valence-corrected chi connectivity index (χ4v) is 1.34. The summed E-state index contributed by atoms with van der Waals surface area (Å²) in [5.41, 5.74) is 0. The van der Waals surface area contributed by atoms with Crippen molar-refractivity contribution in [2.75, 3.05) is 0 Å². The second-order valence-electron chi connectivity index (χ2n) is 3.21. The molecule has 0 aromatic heterocycles. The second kappa shape index (κ2) is 5.68. The minimum absolute atomic E-state index is 0.537. The summed E-state index contributed by atoms with van der Waals surface area (Å²) < 4.78 is 23.9. The Labute approximate surface area is 77.6 Å². The first-order valence-corrected chi connectivity index (χ1v) is 4.70. The summed E-state index contributed by atoms with van der Waals surface area (Å²) in [4.78, 5) is 0. The minimum Gasteiger partial charge on any atom is -0.207 e. The van der Waals surface area contributed by atoms with Crippen molar-refractivity contribution in [1.29, 1.82) is 0 Å². The standard InChI is InChI=1S/C6H4F2.C5H10/c7-5-2-1-3-6(8)4-5;1-2-4-5-3-1/h1-4H;1-5H2. The Kier molecular flexibility index (Phi) is 4.44. The third-order valence-electron chi connectivity index (χ3n) is 2.04. The Bertz CT molecular complexity index is 217. The fraction of sp³-hybridized carbons (Fsp3) is 0.455. The molecule has 0 unspecified atom stereocenters. The van der Waals surface area contributed by atoms with Crippen LogP contribution in [0.4, 0.5) is 8.78 Å². The molecule has 2 rings (SSSR count). The Balaban J connectivity index is 0.000000145. The molecule has 0 N–H and O–H groups in total. The van der Waals surface area contributed by atoms with E-state index in [0.29, 0.717) is 0 Å². The molecule has 0 heterocycles. The molecule has 0 bridgehead atoms. The van der Waals surface area contributed by atoms with Gasteiger partial charge in [0.1, 0.15) is 11.6 Å². The average molecular weight is 184 g/mol. The van der Waals surface area contributed by atoms with Crippen molar-refractivity contribution < 1.29 is 8.78 Å². The third kappa shape index (κ3) is 4.61. The molecule has 1 fully saturated rings. The predicted molar refractivity (Wildman–Crippen MR) is 49.4 cm³/mol. The highest BCUT2D eigenvalue weighted by Gasteiger charge is 1.95. The number of halogens is 2. The van der Waals surface area contributed by atoms with Gasteiger partial charge in [-0.25, -0.2) is 8.78 Å². The molecule has 2 heteroatoms. The molecule has 1 aromatic carbocycles. The van der Waals surface area contributed by atoms with Crippen LogP contribution in [0.15, 0.2) is 24.3 Å². The van der Waals surface area contributed by atoms with E-state index >= 15 is 0 Å². The van der Waals surface area contributed by atoms with Gasteiger partial charge >= 0.3 is 0 Å². The van der Waals surface area contributed by atoms with Gasteiger partial charge < -0.3 is 0 Å². The lowest BCUT2D eigenvalue weighted by Crippen LogP contribution is -1.73. The zero-order valence-corrected chi connectivity index (χ0v) is 7.60. The molecule has 0 radical (unpaired) electrons. The third-order valence-corrected chi connectivity index (χ3v) is 2.04. The Hall–Kier alpha value is -0.920. The lowest BCUT2D eigenvalue weighted by Gasteiger charge is -1.84. The van der Waals surface area contributed by atoms with E-state index < -0.39 is 11.6 Å². The summed E-state index contributed by atoms with van der Waals surface area (Å²) in [7, 11) is 0. The van der Waals surface area contributed by atoms with Gasteiger partial charge in [-0.2, -0.15) is 0 Å². The maximum Gasteiger partial charge on any atom is 0.126 e. The van der Waals surface area contributed by atoms with Crippen LogP contribution in [0.3, 0.4) is 0 Å². The smallest absolute Gasteiger partial charge is 0.126 e. The van der Waals surface area contributed by atoms with Crippen molar-refractivity contribution in [1.82, 2.24) is 0 Å². The van der Waals surface area contributed by atoms with E-state index in [9.17, 15) is 8.78 Å². The zero-order valence-electron chi connectivity index (χ0n) is 7.60. The van der Waals surface area contributed by atoms with Gasteiger partial charge in [0.05, 0.1) is 0 Å². The number of rotatable bonds is 0. The molecular weight excluding hydrogens is 170 g/mol. The van der Waals surface area contributed by atoms with Crippen LogP contribution < -0.4 is 0 Å². The van der Waals surface area contributed by atoms with Gasteiger partial charge in [-0.15, -0.1) is 0 Å². The number of hydrogen-bond donors (Lipinski definition) is 0. The molecule has 0 saturated heterocycles. The van der Waals surface area contributed by atoms with Crippen molar-refractivity contribution >= 4 is 0 Å². The van der Waals surface area contributed by atoms with Crippen LogP contribution in [0.25, 0.3) is 0 Å². The van der Waals surface area contributed by atoms with Crippen LogP contribution in [0, 0.1) is 11.6 Å². The van der Waals surface area contributed by atoms with Gasteiger partial charge in [0.15, 0.2) is 0 Å². The van der Waals surface area contributed by atoms with Crippen molar-refractivity contribution in [3.05, 3.63) is 35.9 Å². The van der Waals surface area contributed by atoms with Gasteiger partial charge in [-0.3, -0.25) is 0 Å². The van der Waals surface area contributed by atoms with Crippen molar-refractivity contribution in [3.63, 3.8) is 0 Å². The summed E-state index contributed by atoms with van der Waals surface area (Å²) in [6, 6.07) is 4.55. The summed E-state index contributed by atoms with van der Waals surface area (Å²) in [6.07, 6.45) is 7.50. The highest BCUT2D eigenvalue weighted by atomic mass is 19.1. The lowest BCUT2D eigenvalue weighted by molar-refractivity contribution is 0.583. The first kappa shape index (κ1) is 10.2. The van der Waals surface area contributed by atoms with E-state index in [4.69, 9.17) is 0 Å². The maximum atomic E-state index is 11.9. The summed E-state index contributed by atoms with van der Waals surface area (Å²) in [5.74, 6) is -1.07. The molecule has 1 aliphatic rings. The largest absolute Gasteiger partial charge is 0.207 e. The Morgan fingerprint density at radius 3 is 1.38 bits per heavy atom. The maximum absolute atomic E-state index is 11.9. The second-order valence-corrected chi connectivity index (χ2v) is 3.21. The number of hydrogen-bond acceptors (Lipinski definition) is 0. The SMILES string of the molecule is C1CCCC1.Fc1cccc(F)c1. The van der Waals surface area contributed by atoms with Gasteiger partial charge in [-0.05, 0) is 12.1 Å². The summed E-state index contributed by atoms with van der Waals surface area (Å²) in [5, 5.41) is 0. The normalized spacial score (nSPS) is 14.9. The monoisotopic (exact) mass is 184 g/mol. The summed E-state index contributed by atoms with van der Waals surface area (Å²) >= 11 is 0. The Morgan fingerprint density at radius 2 is 1.15 bits per heavy atom. The van der Waals surface area contributed by atoms with Crippen LogP contribution in [0.1, 0.15) is 32.1 Å². The first-order chi connectivity index (χ1) is 6.29. The van der Waals surface area contributed by atoms with Gasteiger partial charge in [-0.1, -0.05) is 38.2 Å². The Morgan fingerprint density at radius 1 is 0.769 bits per heavy atom. The zero-order chi connectivity index (χ0) is 9.52. The topological polar surface area (TPSA) is 0 Å². The van der Waals surface area contributed by atoms with E-state index in [1.165, 1.54) is 50.3 Å². The van der Waals surface area contributed by atoms with Crippen LogP contribution >= 0.6 is 0 Å². The molecule has 72 valence electrons. The molecule has 1 aliphatic carbocycles. The molecule has 0 spiro atoms. The van der Waals surface area contributed by atoms with Gasteiger partial charge in [0, 0.05) is 6.07 Å². The van der Waals surface area contributed by atoms with E-state index in [2.05, 4.69) is 0 Å². The van der Waals surface area contributed by atoms with Crippen molar-refractivity contribution in [2.24, 2.45) is 0 Å². The van der Waals surface area contributed by atoms with Gasteiger partial charge in [0.25, 0.3) is 0 Å². The van der Waals surface area contributed by atoms with Crippen molar-refractivity contribution in [3.8, 4) is 0 Å². The summed E-state index contributed by atoms with van der Waals surface area (Å²) in [6.45, 7) is 0. The minimum atomic E-state index is -0.537. The molecule has 1 aromatic rings. The van der Waals surface area contributed by atoms with E-state index in [-0.39, 0.29) is 0 Å². The van der Waals surface area contributed by atoms with Crippen molar-refractivity contribution in [2.45, 2.75) is 32.1 Å². The van der Waals surface area contributed by atoms with Crippen LogP contribution in [-0.4, -0.2) is 0 Å². The predicted octanol–water partition coefficient (Wildman–Crippen LogP) is 3.92. The van der Waals surface area contributed by atoms with E-state index in [1.807, 2.05) is 0 Å². The quantitative estimate of drug-likeness (QED) is 0.573. The molecule has 0 aliphatic heterocycles. The van der Waals surface area contributed by atoms with Crippen LogP contribution in [0.2, 0.25) is 0 Å². The van der Waals surface area contributed by atoms with E-state index in [1.54, 1.807) is 0 Å². The van der Waals surface area contributed by atoms with E-state index in [0.717, 1.165) is 6.07 Å². The number of benzene rings is 1. The lowest BCUT2D eigenvalue weighted by atomic mass is 10.3. The van der Waals surface area contributed by atoms with Crippen LogP contribution in [0.5, 0.6) is 0 Å². The first-order valence-electron chi connectivity index (χ1n) is 4.70. The molecule has 1 saturated carbocycles. The molecule has 0 amide bonds. The van der Waals surface area contributed by atoms with Crippen LogP contribution in [-0.2, 0) is 0 Å². The van der Waals surface area contributed by atoms with Gasteiger partial charge in [0.2, 0.25) is 0 Å². The molecular formula is C11H14F2. The molecule has 0 atom stereocenters. The average Bonchev–Trinajstić information content (AvgIpc) is 2.59.